The minimum Gasteiger partial charge on any atom is -0.325 e. The number of pyridine rings is 1. The number of hydrogen-bond donors (Lipinski definition) is 2. The second kappa shape index (κ2) is 5.77. The number of benzene rings is 1. The monoisotopic (exact) mass is 279 g/mol. The van der Waals surface area contributed by atoms with Gasteiger partial charge in [-0.1, -0.05) is 11.6 Å². The summed E-state index contributed by atoms with van der Waals surface area (Å²) in [6.07, 6.45) is 1.51. The van der Waals surface area contributed by atoms with E-state index in [0.717, 1.165) is 0 Å². The van der Waals surface area contributed by atoms with Crippen LogP contribution in [0.1, 0.15) is 16.1 Å². The molecule has 0 aliphatic carbocycles. The zero-order chi connectivity index (χ0) is 13.8. The lowest BCUT2D eigenvalue weighted by atomic mass is 10.2. The largest absolute Gasteiger partial charge is 0.325 e. The fourth-order valence-electron chi connectivity index (χ4n) is 1.51. The SMILES string of the molecule is NCc1cc(C(=O)Nc2ccc(F)c(Cl)c2)ccn1. The van der Waals surface area contributed by atoms with Crippen LogP contribution in [0, 0.1) is 5.82 Å². The van der Waals surface area contributed by atoms with Gasteiger partial charge in [-0.2, -0.15) is 0 Å². The minimum atomic E-state index is -0.533. The van der Waals surface area contributed by atoms with Crippen LogP contribution in [0.15, 0.2) is 36.5 Å². The molecule has 0 aliphatic rings. The number of anilines is 1. The quantitative estimate of drug-likeness (QED) is 0.907. The lowest BCUT2D eigenvalue weighted by Gasteiger charge is -2.06. The van der Waals surface area contributed by atoms with Crippen LogP contribution in [-0.4, -0.2) is 10.9 Å². The molecule has 19 heavy (non-hydrogen) atoms. The van der Waals surface area contributed by atoms with Crippen molar-refractivity contribution < 1.29 is 9.18 Å². The van der Waals surface area contributed by atoms with E-state index in [4.69, 9.17) is 17.3 Å². The third-order valence-electron chi connectivity index (χ3n) is 2.47. The predicted molar refractivity (Wildman–Crippen MR) is 71.5 cm³/mol. The fraction of sp³-hybridized carbons (Fsp3) is 0.0769. The molecule has 3 N–H and O–H groups in total. The molecule has 0 bridgehead atoms. The number of nitrogens with zero attached hydrogens (tertiary/aromatic N) is 1. The van der Waals surface area contributed by atoms with Crippen molar-refractivity contribution in [3.8, 4) is 0 Å². The zero-order valence-corrected chi connectivity index (χ0v) is 10.6. The van der Waals surface area contributed by atoms with E-state index in [1.165, 1.54) is 24.4 Å². The Bertz CT molecular complexity index is 619. The molecule has 1 aromatic carbocycles. The molecule has 0 spiro atoms. The molecule has 98 valence electrons. The van der Waals surface area contributed by atoms with Crippen LogP contribution in [-0.2, 0) is 6.54 Å². The minimum absolute atomic E-state index is 0.0461. The molecule has 2 aromatic rings. The number of aromatic nitrogens is 1. The van der Waals surface area contributed by atoms with Gasteiger partial charge in [0.1, 0.15) is 5.82 Å². The first-order valence-corrected chi connectivity index (χ1v) is 5.89. The van der Waals surface area contributed by atoms with E-state index in [0.29, 0.717) is 16.9 Å². The van der Waals surface area contributed by atoms with Crippen LogP contribution in [0.3, 0.4) is 0 Å². The number of rotatable bonds is 3. The van der Waals surface area contributed by atoms with E-state index in [-0.39, 0.29) is 17.5 Å². The molecule has 4 nitrogen and oxygen atoms in total. The topological polar surface area (TPSA) is 68.0 Å². The average molecular weight is 280 g/mol. The molecule has 1 aromatic heterocycles. The lowest BCUT2D eigenvalue weighted by molar-refractivity contribution is 0.102. The Morgan fingerprint density at radius 3 is 2.84 bits per heavy atom. The number of amides is 1. The highest BCUT2D eigenvalue weighted by Gasteiger charge is 2.08. The molecule has 0 fully saturated rings. The third-order valence-corrected chi connectivity index (χ3v) is 2.76. The Kier molecular flexibility index (Phi) is 4.09. The standard InChI is InChI=1S/C13H11ClFN3O/c14-11-6-9(1-2-12(11)15)18-13(19)8-3-4-17-10(5-8)7-16/h1-6H,7,16H2,(H,18,19). The number of carbonyl (C=O) groups excluding carboxylic acids is 1. The van der Waals surface area contributed by atoms with Gasteiger partial charge in [-0.25, -0.2) is 4.39 Å². The van der Waals surface area contributed by atoms with Gasteiger partial charge in [-0.15, -0.1) is 0 Å². The van der Waals surface area contributed by atoms with Crippen molar-refractivity contribution in [3.63, 3.8) is 0 Å². The van der Waals surface area contributed by atoms with Gasteiger partial charge < -0.3 is 11.1 Å². The van der Waals surface area contributed by atoms with E-state index in [9.17, 15) is 9.18 Å². The highest BCUT2D eigenvalue weighted by molar-refractivity contribution is 6.31. The van der Waals surface area contributed by atoms with Crippen molar-refractivity contribution >= 4 is 23.2 Å². The number of nitrogens with one attached hydrogen (secondary N) is 1. The highest BCUT2D eigenvalue weighted by Crippen LogP contribution is 2.19. The van der Waals surface area contributed by atoms with Gasteiger partial charge in [0.2, 0.25) is 0 Å². The van der Waals surface area contributed by atoms with Crippen molar-refractivity contribution in [2.24, 2.45) is 5.73 Å². The van der Waals surface area contributed by atoms with Gasteiger partial charge in [0.05, 0.1) is 10.7 Å². The Labute approximate surface area is 114 Å². The van der Waals surface area contributed by atoms with Gasteiger partial charge in [0.25, 0.3) is 5.91 Å². The van der Waals surface area contributed by atoms with Crippen LogP contribution in [0.5, 0.6) is 0 Å². The Hall–Kier alpha value is -1.98. The Balaban J connectivity index is 2.18. The zero-order valence-electron chi connectivity index (χ0n) is 9.86. The summed E-state index contributed by atoms with van der Waals surface area (Å²) in [5, 5.41) is 2.57. The van der Waals surface area contributed by atoms with Crippen LogP contribution in [0.25, 0.3) is 0 Å². The van der Waals surface area contributed by atoms with Crippen molar-refractivity contribution in [3.05, 3.63) is 58.6 Å². The van der Waals surface area contributed by atoms with Crippen LogP contribution in [0.2, 0.25) is 5.02 Å². The van der Waals surface area contributed by atoms with Crippen LogP contribution in [0.4, 0.5) is 10.1 Å². The summed E-state index contributed by atoms with van der Waals surface area (Å²) in [7, 11) is 0. The van der Waals surface area contributed by atoms with E-state index in [1.54, 1.807) is 12.1 Å². The van der Waals surface area contributed by atoms with E-state index in [1.807, 2.05) is 0 Å². The first kappa shape index (κ1) is 13.5. The molecule has 1 heterocycles. The molecule has 0 unspecified atom stereocenters. The van der Waals surface area contributed by atoms with Crippen molar-refractivity contribution in [2.45, 2.75) is 6.54 Å². The number of halogens is 2. The average Bonchev–Trinajstić information content (AvgIpc) is 2.43. The number of carbonyl (C=O) groups is 1. The Morgan fingerprint density at radius 1 is 1.37 bits per heavy atom. The van der Waals surface area contributed by atoms with Crippen molar-refractivity contribution in [2.75, 3.05) is 5.32 Å². The fourth-order valence-corrected chi connectivity index (χ4v) is 1.69. The Morgan fingerprint density at radius 2 is 2.16 bits per heavy atom. The predicted octanol–water partition coefficient (Wildman–Crippen LogP) is 2.59. The van der Waals surface area contributed by atoms with Gasteiger partial charge in [-0.3, -0.25) is 9.78 Å². The molecule has 1 amide bonds. The van der Waals surface area contributed by atoms with Gasteiger partial charge in [0, 0.05) is 24.0 Å². The molecule has 0 atom stereocenters. The highest BCUT2D eigenvalue weighted by atomic mass is 35.5. The first-order chi connectivity index (χ1) is 9.10. The molecule has 6 heteroatoms. The maximum Gasteiger partial charge on any atom is 0.255 e. The molecule has 0 aliphatic heterocycles. The molecule has 0 radical (unpaired) electrons. The summed E-state index contributed by atoms with van der Waals surface area (Å²) in [5.74, 6) is -0.867. The smallest absolute Gasteiger partial charge is 0.255 e. The van der Waals surface area contributed by atoms with E-state index in [2.05, 4.69) is 10.3 Å². The van der Waals surface area contributed by atoms with Gasteiger partial charge in [-0.05, 0) is 30.3 Å². The molecule has 0 saturated heterocycles. The van der Waals surface area contributed by atoms with Gasteiger partial charge in [0.15, 0.2) is 0 Å². The normalized spacial score (nSPS) is 10.3. The van der Waals surface area contributed by atoms with E-state index < -0.39 is 5.82 Å². The summed E-state index contributed by atoms with van der Waals surface area (Å²) < 4.78 is 13.0. The summed E-state index contributed by atoms with van der Waals surface area (Å²) in [6.45, 7) is 0.253. The van der Waals surface area contributed by atoms with Crippen molar-refractivity contribution in [1.82, 2.24) is 4.98 Å². The summed E-state index contributed by atoms with van der Waals surface area (Å²) in [6, 6.07) is 7.14. The van der Waals surface area contributed by atoms with Crippen LogP contribution < -0.4 is 11.1 Å². The second-order valence-corrected chi connectivity index (χ2v) is 4.23. The van der Waals surface area contributed by atoms with E-state index >= 15 is 0 Å². The van der Waals surface area contributed by atoms with Crippen LogP contribution >= 0.6 is 11.6 Å². The molecule has 2 rings (SSSR count). The summed E-state index contributed by atoms with van der Waals surface area (Å²) >= 11 is 5.64. The summed E-state index contributed by atoms with van der Waals surface area (Å²) in [4.78, 5) is 16.0. The second-order valence-electron chi connectivity index (χ2n) is 3.82. The number of hydrogen-bond acceptors (Lipinski definition) is 3. The van der Waals surface area contributed by atoms with Crippen molar-refractivity contribution in [1.29, 1.82) is 0 Å². The molecule has 0 saturated carbocycles. The maximum atomic E-state index is 13.0. The maximum absolute atomic E-state index is 13.0. The van der Waals surface area contributed by atoms with Gasteiger partial charge >= 0.3 is 0 Å². The third kappa shape index (κ3) is 3.27. The molecular formula is C13H11ClFN3O. The molecular weight excluding hydrogens is 269 g/mol. The number of nitrogens with two attached hydrogens (primary N) is 1. The summed E-state index contributed by atoms with van der Waals surface area (Å²) in [5.41, 5.74) is 6.92. The first-order valence-electron chi connectivity index (χ1n) is 5.51. The lowest BCUT2D eigenvalue weighted by Crippen LogP contribution is -2.13.